The lowest BCUT2D eigenvalue weighted by Crippen LogP contribution is -2.34. The molecule has 1 aliphatic heterocycles. The first-order valence-electron chi connectivity index (χ1n) is 6.93. The molecule has 3 rings (SSSR count). The summed E-state index contributed by atoms with van der Waals surface area (Å²) in [6.07, 6.45) is 0. The zero-order chi connectivity index (χ0) is 15.9. The highest BCUT2D eigenvalue weighted by Crippen LogP contribution is 2.31. The summed E-state index contributed by atoms with van der Waals surface area (Å²) in [7, 11) is 0. The van der Waals surface area contributed by atoms with Crippen LogP contribution in [-0.4, -0.2) is 18.4 Å². The van der Waals surface area contributed by atoms with Crippen molar-refractivity contribution in [3.8, 4) is 0 Å². The summed E-state index contributed by atoms with van der Waals surface area (Å²) >= 11 is 3.33. The molecule has 0 radical (unpaired) electrons. The van der Waals surface area contributed by atoms with E-state index >= 15 is 0 Å². The summed E-state index contributed by atoms with van der Waals surface area (Å²) in [5, 5.41) is 3.22. The molecular weight excluding hydrogens is 344 g/mol. The molecule has 112 valence electrons. The Morgan fingerprint density at radius 1 is 1.05 bits per heavy atom. The van der Waals surface area contributed by atoms with Crippen LogP contribution in [0.5, 0.6) is 0 Å². The Hall–Kier alpha value is -2.14. The molecule has 0 fully saturated rings. The Kier molecular flexibility index (Phi) is 3.74. The largest absolute Gasteiger partial charge is 0.367 e. The Balaban J connectivity index is 1.84. The lowest BCUT2D eigenvalue weighted by molar-refractivity contribution is -0.114. The minimum Gasteiger partial charge on any atom is -0.367 e. The van der Waals surface area contributed by atoms with Gasteiger partial charge in [0.15, 0.2) is 0 Å². The second kappa shape index (κ2) is 5.57. The SMILES string of the molecule is Cc1cc(C)cc(NCN2C(=O)C(=O)c3cc(Br)ccc32)c1. The second-order valence-electron chi connectivity index (χ2n) is 5.44. The number of amides is 1. The van der Waals surface area contributed by atoms with Gasteiger partial charge in [0, 0.05) is 10.2 Å². The molecule has 0 unspecified atom stereocenters. The summed E-state index contributed by atoms with van der Waals surface area (Å²) < 4.78 is 0.788. The van der Waals surface area contributed by atoms with E-state index in [1.165, 1.54) is 4.90 Å². The van der Waals surface area contributed by atoms with Crippen LogP contribution in [0.3, 0.4) is 0 Å². The number of fused-ring (bicyclic) bond motifs is 1. The third kappa shape index (κ3) is 2.64. The van der Waals surface area contributed by atoms with Crippen molar-refractivity contribution in [1.82, 2.24) is 0 Å². The maximum Gasteiger partial charge on any atom is 0.300 e. The van der Waals surface area contributed by atoms with Crippen LogP contribution in [-0.2, 0) is 4.79 Å². The topological polar surface area (TPSA) is 49.4 Å². The molecule has 22 heavy (non-hydrogen) atoms. The fourth-order valence-electron chi connectivity index (χ4n) is 2.68. The second-order valence-corrected chi connectivity index (χ2v) is 6.35. The number of nitrogens with zero attached hydrogens (tertiary/aromatic N) is 1. The van der Waals surface area contributed by atoms with Crippen LogP contribution in [0.25, 0.3) is 0 Å². The number of rotatable bonds is 3. The monoisotopic (exact) mass is 358 g/mol. The molecule has 1 aliphatic rings. The van der Waals surface area contributed by atoms with Crippen molar-refractivity contribution >= 4 is 39.0 Å². The fraction of sp³-hybridized carbons (Fsp3) is 0.176. The molecule has 0 atom stereocenters. The van der Waals surface area contributed by atoms with Crippen molar-refractivity contribution in [1.29, 1.82) is 0 Å². The number of aryl methyl sites for hydroxylation is 2. The van der Waals surface area contributed by atoms with Gasteiger partial charge < -0.3 is 5.32 Å². The molecule has 2 aromatic carbocycles. The van der Waals surface area contributed by atoms with Gasteiger partial charge in [-0.25, -0.2) is 0 Å². The molecule has 4 nitrogen and oxygen atoms in total. The maximum absolute atomic E-state index is 12.1. The number of Topliss-reactive ketones (excluding diaryl/α,β-unsaturated/α-hetero) is 1. The normalized spacial score (nSPS) is 13.5. The first-order chi connectivity index (χ1) is 10.5. The van der Waals surface area contributed by atoms with Gasteiger partial charge in [-0.3, -0.25) is 14.5 Å². The lowest BCUT2D eigenvalue weighted by atomic mass is 10.1. The Bertz CT molecular complexity index is 766. The van der Waals surface area contributed by atoms with Gasteiger partial charge in [0.2, 0.25) is 0 Å². The Labute approximate surface area is 137 Å². The standard InChI is InChI=1S/C17H15BrN2O2/c1-10-5-11(2)7-13(6-10)19-9-20-15-4-3-12(18)8-14(15)16(21)17(20)22/h3-8,19H,9H2,1-2H3. The van der Waals surface area contributed by atoms with Gasteiger partial charge in [-0.2, -0.15) is 0 Å². The van der Waals surface area contributed by atoms with Crippen molar-refractivity contribution in [2.45, 2.75) is 13.8 Å². The van der Waals surface area contributed by atoms with Crippen LogP contribution in [0, 0.1) is 13.8 Å². The minimum absolute atomic E-state index is 0.266. The minimum atomic E-state index is -0.495. The van der Waals surface area contributed by atoms with Gasteiger partial charge in [-0.1, -0.05) is 22.0 Å². The van der Waals surface area contributed by atoms with E-state index in [4.69, 9.17) is 0 Å². The lowest BCUT2D eigenvalue weighted by Gasteiger charge is -2.18. The van der Waals surface area contributed by atoms with Gasteiger partial charge in [-0.05, 0) is 55.3 Å². The predicted molar refractivity (Wildman–Crippen MR) is 90.4 cm³/mol. The number of hydrogen-bond acceptors (Lipinski definition) is 3. The molecule has 5 heteroatoms. The summed E-state index contributed by atoms with van der Waals surface area (Å²) in [5.74, 6) is -0.955. The molecule has 0 saturated heterocycles. The highest BCUT2D eigenvalue weighted by atomic mass is 79.9. The number of ketones is 1. The average Bonchev–Trinajstić information content (AvgIpc) is 2.68. The first-order valence-corrected chi connectivity index (χ1v) is 7.73. The molecule has 2 aromatic rings. The third-order valence-electron chi connectivity index (χ3n) is 3.60. The summed E-state index contributed by atoms with van der Waals surface area (Å²) in [5.41, 5.74) is 4.33. The van der Waals surface area contributed by atoms with Crippen molar-refractivity contribution in [3.63, 3.8) is 0 Å². The fourth-order valence-corrected chi connectivity index (χ4v) is 3.04. The van der Waals surface area contributed by atoms with E-state index < -0.39 is 11.7 Å². The predicted octanol–water partition coefficient (Wildman–Crippen LogP) is 3.66. The van der Waals surface area contributed by atoms with Crippen molar-refractivity contribution in [3.05, 3.63) is 57.6 Å². The number of halogens is 1. The molecule has 0 bridgehead atoms. The van der Waals surface area contributed by atoms with Crippen LogP contribution in [0.2, 0.25) is 0 Å². The van der Waals surface area contributed by atoms with Crippen LogP contribution in [0.15, 0.2) is 40.9 Å². The number of carbonyl (C=O) groups is 2. The number of hydrogen-bond donors (Lipinski definition) is 1. The molecule has 0 saturated carbocycles. The molecule has 1 heterocycles. The van der Waals surface area contributed by atoms with Crippen molar-refractivity contribution in [2.24, 2.45) is 0 Å². The Morgan fingerprint density at radius 3 is 2.41 bits per heavy atom. The smallest absolute Gasteiger partial charge is 0.300 e. The van der Waals surface area contributed by atoms with Gasteiger partial charge >= 0.3 is 5.91 Å². The van der Waals surface area contributed by atoms with Gasteiger partial charge in [-0.15, -0.1) is 0 Å². The first kappa shape index (κ1) is 14.8. The maximum atomic E-state index is 12.1. The molecule has 0 aliphatic carbocycles. The molecule has 1 amide bonds. The van der Waals surface area contributed by atoms with Gasteiger partial charge in [0.05, 0.1) is 17.9 Å². The zero-order valence-corrected chi connectivity index (χ0v) is 13.9. The van der Waals surface area contributed by atoms with Crippen LogP contribution < -0.4 is 10.2 Å². The molecular formula is C17H15BrN2O2. The number of benzene rings is 2. The Morgan fingerprint density at radius 2 is 1.73 bits per heavy atom. The number of nitrogens with one attached hydrogen (secondary N) is 1. The molecule has 1 N–H and O–H groups in total. The summed E-state index contributed by atoms with van der Waals surface area (Å²) in [6.45, 7) is 4.31. The third-order valence-corrected chi connectivity index (χ3v) is 4.09. The van der Waals surface area contributed by atoms with Gasteiger partial charge in [0.25, 0.3) is 5.78 Å². The van der Waals surface area contributed by atoms with Crippen LogP contribution in [0.4, 0.5) is 11.4 Å². The highest BCUT2D eigenvalue weighted by molar-refractivity contribution is 9.10. The van der Waals surface area contributed by atoms with E-state index in [1.54, 1.807) is 12.1 Å². The van der Waals surface area contributed by atoms with Crippen molar-refractivity contribution in [2.75, 3.05) is 16.9 Å². The van der Waals surface area contributed by atoms with Crippen molar-refractivity contribution < 1.29 is 9.59 Å². The van der Waals surface area contributed by atoms with E-state index in [2.05, 4.69) is 27.3 Å². The van der Waals surface area contributed by atoms with E-state index in [0.717, 1.165) is 21.3 Å². The zero-order valence-electron chi connectivity index (χ0n) is 12.3. The highest BCUT2D eigenvalue weighted by Gasteiger charge is 2.35. The van der Waals surface area contributed by atoms with E-state index in [1.807, 2.05) is 32.0 Å². The molecule has 0 spiro atoms. The van der Waals surface area contributed by atoms with E-state index in [0.29, 0.717) is 11.3 Å². The summed E-state index contributed by atoms with van der Waals surface area (Å²) in [6, 6.07) is 11.4. The van der Waals surface area contributed by atoms with Crippen LogP contribution >= 0.6 is 15.9 Å². The quantitative estimate of drug-likeness (QED) is 0.851. The summed E-state index contributed by atoms with van der Waals surface area (Å²) in [4.78, 5) is 25.7. The van der Waals surface area contributed by atoms with E-state index in [9.17, 15) is 9.59 Å². The number of carbonyl (C=O) groups excluding carboxylic acids is 2. The van der Waals surface area contributed by atoms with E-state index in [-0.39, 0.29) is 6.67 Å². The average molecular weight is 359 g/mol. The number of anilines is 2. The van der Waals surface area contributed by atoms with Gasteiger partial charge in [0.1, 0.15) is 0 Å². The molecule has 0 aromatic heterocycles. The van der Waals surface area contributed by atoms with Crippen LogP contribution in [0.1, 0.15) is 21.5 Å².